The fraction of sp³-hybridized carbons (Fsp3) is 0.200. The zero-order chi connectivity index (χ0) is 13.0. The summed E-state index contributed by atoms with van der Waals surface area (Å²) in [5.41, 5.74) is 8.11. The highest BCUT2D eigenvalue weighted by Crippen LogP contribution is 2.34. The van der Waals surface area contributed by atoms with Gasteiger partial charge in [-0.1, -0.05) is 29.8 Å². The number of thioether (sulfide) groups is 1. The number of nitrogens with two attached hydrogens (primary N) is 1. The van der Waals surface area contributed by atoms with E-state index in [1.165, 1.54) is 22.6 Å². The van der Waals surface area contributed by atoms with Gasteiger partial charge in [-0.15, -0.1) is 11.8 Å². The van der Waals surface area contributed by atoms with E-state index in [4.69, 9.17) is 5.73 Å². The molecule has 0 radical (unpaired) electrons. The lowest BCUT2D eigenvalue weighted by atomic mass is 10.1. The Morgan fingerprint density at radius 1 is 1.17 bits per heavy atom. The average Bonchev–Trinajstić information content (AvgIpc) is 2.37. The predicted octanol–water partition coefficient (Wildman–Crippen LogP) is 3.93. The summed E-state index contributed by atoms with van der Waals surface area (Å²) in [6.45, 7) is 2.60. The minimum absolute atomic E-state index is 0.160. The van der Waals surface area contributed by atoms with Crippen molar-refractivity contribution in [1.29, 1.82) is 0 Å². The van der Waals surface area contributed by atoms with Gasteiger partial charge in [-0.05, 0) is 36.8 Å². The highest BCUT2D eigenvalue weighted by atomic mass is 32.2. The fourth-order valence-corrected chi connectivity index (χ4v) is 2.91. The molecule has 0 bridgehead atoms. The minimum atomic E-state index is -0.213. The van der Waals surface area contributed by atoms with Crippen LogP contribution in [-0.2, 0) is 0 Å². The maximum atomic E-state index is 12.9. The monoisotopic (exact) mass is 261 g/mol. The molecular formula is C15H16FNS. The van der Waals surface area contributed by atoms with Crippen molar-refractivity contribution in [3.05, 3.63) is 65.5 Å². The lowest BCUT2D eigenvalue weighted by Gasteiger charge is -2.15. The molecule has 94 valence electrons. The molecule has 0 saturated carbocycles. The topological polar surface area (TPSA) is 26.0 Å². The summed E-state index contributed by atoms with van der Waals surface area (Å²) < 4.78 is 12.9. The zero-order valence-electron chi connectivity index (χ0n) is 10.3. The molecule has 0 aliphatic carbocycles. The fourth-order valence-electron chi connectivity index (χ4n) is 1.78. The van der Waals surface area contributed by atoms with Crippen LogP contribution in [0.15, 0.2) is 53.4 Å². The molecule has 0 fully saturated rings. The van der Waals surface area contributed by atoms with E-state index in [0.717, 1.165) is 5.56 Å². The zero-order valence-corrected chi connectivity index (χ0v) is 11.1. The Balaban J connectivity index is 2.17. The Bertz CT molecular complexity index is 510. The van der Waals surface area contributed by atoms with Gasteiger partial charge >= 0.3 is 0 Å². The molecule has 0 aliphatic heterocycles. The summed E-state index contributed by atoms with van der Waals surface area (Å²) in [5, 5.41) is 0.160. The van der Waals surface area contributed by atoms with Crippen molar-refractivity contribution in [2.24, 2.45) is 5.73 Å². The van der Waals surface area contributed by atoms with Gasteiger partial charge in [0.05, 0.1) is 0 Å². The van der Waals surface area contributed by atoms with Gasteiger partial charge < -0.3 is 5.73 Å². The van der Waals surface area contributed by atoms with Crippen molar-refractivity contribution in [1.82, 2.24) is 0 Å². The molecule has 0 saturated heterocycles. The molecular weight excluding hydrogens is 245 g/mol. The molecule has 2 rings (SSSR count). The molecule has 18 heavy (non-hydrogen) atoms. The number of hydrogen-bond donors (Lipinski definition) is 1. The summed E-state index contributed by atoms with van der Waals surface area (Å²) in [5.74, 6) is -0.213. The normalized spacial score (nSPS) is 12.4. The Kier molecular flexibility index (Phi) is 4.39. The van der Waals surface area contributed by atoms with Crippen molar-refractivity contribution in [3.8, 4) is 0 Å². The summed E-state index contributed by atoms with van der Waals surface area (Å²) in [6.07, 6.45) is 0. The van der Waals surface area contributed by atoms with E-state index in [1.807, 2.05) is 6.07 Å². The van der Waals surface area contributed by atoms with Crippen molar-refractivity contribution in [3.63, 3.8) is 0 Å². The second-order valence-corrected chi connectivity index (χ2v) is 5.49. The van der Waals surface area contributed by atoms with Crippen molar-refractivity contribution >= 4 is 11.8 Å². The predicted molar refractivity (Wildman–Crippen MR) is 75.2 cm³/mol. The molecule has 0 spiro atoms. The van der Waals surface area contributed by atoms with Crippen LogP contribution < -0.4 is 5.73 Å². The Labute approximate surface area is 111 Å². The van der Waals surface area contributed by atoms with Gasteiger partial charge in [0.25, 0.3) is 0 Å². The quantitative estimate of drug-likeness (QED) is 0.844. The molecule has 0 aromatic heterocycles. The van der Waals surface area contributed by atoms with E-state index in [9.17, 15) is 4.39 Å². The van der Waals surface area contributed by atoms with Crippen LogP contribution in [0.5, 0.6) is 0 Å². The lowest BCUT2D eigenvalue weighted by molar-refractivity contribution is 0.627. The van der Waals surface area contributed by atoms with E-state index < -0.39 is 0 Å². The van der Waals surface area contributed by atoms with Crippen LogP contribution >= 0.6 is 11.8 Å². The first-order valence-corrected chi connectivity index (χ1v) is 6.76. The largest absolute Gasteiger partial charge is 0.329 e. The number of halogens is 1. The molecule has 1 nitrogen and oxygen atoms in total. The standard InChI is InChI=1S/C15H16FNS/c1-11-3-2-4-14(9-11)18-15(10-17)12-5-7-13(16)8-6-12/h2-9,15H,10,17H2,1H3. The molecule has 0 amide bonds. The van der Waals surface area contributed by atoms with Crippen LogP contribution in [0.3, 0.4) is 0 Å². The maximum absolute atomic E-state index is 12.9. The van der Waals surface area contributed by atoms with Gasteiger partial charge in [-0.3, -0.25) is 0 Å². The van der Waals surface area contributed by atoms with Crippen molar-refractivity contribution in [2.75, 3.05) is 6.54 Å². The van der Waals surface area contributed by atoms with Crippen molar-refractivity contribution in [2.45, 2.75) is 17.1 Å². The maximum Gasteiger partial charge on any atom is 0.123 e. The smallest absolute Gasteiger partial charge is 0.123 e. The third-order valence-electron chi connectivity index (χ3n) is 2.72. The molecule has 0 heterocycles. The highest BCUT2D eigenvalue weighted by Gasteiger charge is 2.11. The number of rotatable bonds is 4. The van der Waals surface area contributed by atoms with Crippen LogP contribution in [-0.4, -0.2) is 6.54 Å². The first kappa shape index (κ1) is 13.1. The third kappa shape index (κ3) is 3.34. The van der Waals surface area contributed by atoms with Crippen LogP contribution in [0.2, 0.25) is 0 Å². The second kappa shape index (κ2) is 6.03. The van der Waals surface area contributed by atoms with Crippen LogP contribution in [0, 0.1) is 12.7 Å². The van der Waals surface area contributed by atoms with E-state index in [-0.39, 0.29) is 11.1 Å². The Morgan fingerprint density at radius 2 is 1.89 bits per heavy atom. The van der Waals surface area contributed by atoms with E-state index in [2.05, 4.69) is 25.1 Å². The average molecular weight is 261 g/mol. The Hall–Kier alpha value is -1.32. The van der Waals surface area contributed by atoms with Gasteiger partial charge in [0.15, 0.2) is 0 Å². The molecule has 0 aliphatic rings. The minimum Gasteiger partial charge on any atom is -0.329 e. The summed E-state index contributed by atoms with van der Waals surface area (Å²) >= 11 is 1.71. The van der Waals surface area contributed by atoms with E-state index in [1.54, 1.807) is 23.9 Å². The number of aryl methyl sites for hydroxylation is 1. The van der Waals surface area contributed by atoms with Crippen LogP contribution in [0.1, 0.15) is 16.4 Å². The summed E-state index contributed by atoms with van der Waals surface area (Å²) in [7, 11) is 0. The SMILES string of the molecule is Cc1cccc(SC(CN)c2ccc(F)cc2)c1. The number of benzene rings is 2. The van der Waals surface area contributed by atoms with Gasteiger partial charge in [-0.25, -0.2) is 4.39 Å². The molecule has 1 atom stereocenters. The van der Waals surface area contributed by atoms with Crippen molar-refractivity contribution < 1.29 is 4.39 Å². The first-order chi connectivity index (χ1) is 8.69. The van der Waals surface area contributed by atoms with Crippen LogP contribution in [0.25, 0.3) is 0 Å². The summed E-state index contributed by atoms with van der Waals surface area (Å²) in [4.78, 5) is 1.19. The molecule has 1 unspecified atom stereocenters. The highest BCUT2D eigenvalue weighted by molar-refractivity contribution is 7.99. The van der Waals surface area contributed by atoms with Gasteiger partial charge in [0.2, 0.25) is 0 Å². The third-order valence-corrected chi connectivity index (χ3v) is 4.00. The molecule has 2 aromatic rings. The first-order valence-electron chi connectivity index (χ1n) is 5.88. The van der Waals surface area contributed by atoms with Gasteiger partial charge in [0, 0.05) is 16.7 Å². The lowest BCUT2D eigenvalue weighted by Crippen LogP contribution is -2.09. The number of hydrogen-bond acceptors (Lipinski definition) is 2. The molecule has 2 N–H and O–H groups in total. The molecule has 2 aromatic carbocycles. The summed E-state index contributed by atoms with van der Waals surface area (Å²) in [6, 6.07) is 14.9. The second-order valence-electron chi connectivity index (χ2n) is 4.21. The Morgan fingerprint density at radius 3 is 2.50 bits per heavy atom. The van der Waals surface area contributed by atoms with Crippen LogP contribution in [0.4, 0.5) is 4.39 Å². The molecule has 3 heteroatoms. The van der Waals surface area contributed by atoms with E-state index >= 15 is 0 Å². The van der Waals surface area contributed by atoms with Gasteiger partial charge in [0.1, 0.15) is 5.82 Å². The van der Waals surface area contributed by atoms with Gasteiger partial charge in [-0.2, -0.15) is 0 Å². The van der Waals surface area contributed by atoms with E-state index in [0.29, 0.717) is 6.54 Å².